The van der Waals surface area contributed by atoms with Crippen LogP contribution in [0.5, 0.6) is 0 Å². The number of hydrogen-bond donors (Lipinski definition) is 0. The first-order chi connectivity index (χ1) is 10.3. The third-order valence-electron chi connectivity index (χ3n) is 4.82. The molecule has 1 aliphatic carbocycles. The van der Waals surface area contributed by atoms with Crippen molar-refractivity contribution in [2.24, 2.45) is 0 Å². The zero-order valence-electron chi connectivity index (χ0n) is 12.6. The Morgan fingerprint density at radius 1 is 1.00 bits per heavy atom. The quantitative estimate of drug-likeness (QED) is 0.724. The van der Waals surface area contributed by atoms with Crippen LogP contribution in [0.4, 0.5) is 0 Å². The Kier molecular flexibility index (Phi) is 3.92. The van der Waals surface area contributed by atoms with Crippen LogP contribution in [-0.2, 0) is 11.8 Å². The van der Waals surface area contributed by atoms with Crippen LogP contribution in [-0.4, -0.2) is 5.78 Å². The summed E-state index contributed by atoms with van der Waals surface area (Å²) in [7, 11) is 0. The van der Waals surface area contributed by atoms with Crippen molar-refractivity contribution in [2.45, 2.75) is 44.4 Å². The fraction of sp³-hybridized carbons (Fsp3) is 0.350. The SMILES string of the molecule is CCc1cccc(C(=O)C2(c3ccccc3)CCCC2)c1. The van der Waals surface area contributed by atoms with Crippen molar-refractivity contribution in [3.8, 4) is 0 Å². The Morgan fingerprint density at radius 2 is 1.71 bits per heavy atom. The van der Waals surface area contributed by atoms with Gasteiger partial charge in [-0.3, -0.25) is 4.79 Å². The van der Waals surface area contributed by atoms with Crippen LogP contribution >= 0.6 is 0 Å². The molecule has 1 nitrogen and oxygen atoms in total. The topological polar surface area (TPSA) is 17.1 Å². The molecule has 2 aromatic carbocycles. The minimum absolute atomic E-state index is 0.298. The molecule has 0 spiro atoms. The summed E-state index contributed by atoms with van der Waals surface area (Å²) < 4.78 is 0. The van der Waals surface area contributed by atoms with E-state index in [1.165, 1.54) is 11.1 Å². The Balaban J connectivity index is 2.03. The Morgan fingerprint density at radius 3 is 2.38 bits per heavy atom. The molecule has 0 heterocycles. The average molecular weight is 278 g/mol. The monoisotopic (exact) mass is 278 g/mol. The third kappa shape index (κ3) is 2.53. The highest BCUT2D eigenvalue weighted by Crippen LogP contribution is 2.43. The highest BCUT2D eigenvalue weighted by atomic mass is 16.1. The zero-order valence-corrected chi connectivity index (χ0v) is 12.6. The van der Waals surface area contributed by atoms with Gasteiger partial charge in [-0.1, -0.05) is 68.3 Å². The first-order valence-corrected chi connectivity index (χ1v) is 7.95. The molecular weight excluding hydrogens is 256 g/mol. The molecule has 0 aromatic heterocycles. The number of benzene rings is 2. The van der Waals surface area contributed by atoms with Crippen molar-refractivity contribution < 1.29 is 4.79 Å². The number of hydrogen-bond acceptors (Lipinski definition) is 1. The molecule has 1 saturated carbocycles. The molecule has 21 heavy (non-hydrogen) atoms. The summed E-state index contributed by atoms with van der Waals surface area (Å²) in [6.45, 7) is 2.13. The second-order valence-electron chi connectivity index (χ2n) is 6.04. The summed E-state index contributed by atoms with van der Waals surface area (Å²) in [6.07, 6.45) is 5.22. The molecule has 0 aliphatic heterocycles. The van der Waals surface area contributed by atoms with Gasteiger partial charge >= 0.3 is 0 Å². The lowest BCUT2D eigenvalue weighted by Crippen LogP contribution is -2.33. The van der Waals surface area contributed by atoms with E-state index < -0.39 is 0 Å². The van der Waals surface area contributed by atoms with Gasteiger partial charge in [0.25, 0.3) is 0 Å². The zero-order chi connectivity index (χ0) is 14.7. The number of ketones is 1. The molecule has 108 valence electrons. The maximum absolute atomic E-state index is 13.2. The summed E-state index contributed by atoms with van der Waals surface area (Å²) in [5.74, 6) is 0.307. The minimum atomic E-state index is -0.298. The molecule has 2 aromatic rings. The largest absolute Gasteiger partial charge is 0.293 e. The molecule has 0 amide bonds. The van der Waals surface area contributed by atoms with Crippen LogP contribution < -0.4 is 0 Å². The highest BCUT2D eigenvalue weighted by Gasteiger charge is 2.42. The molecule has 0 saturated heterocycles. The van der Waals surface area contributed by atoms with E-state index in [1.54, 1.807) is 0 Å². The smallest absolute Gasteiger partial charge is 0.173 e. The third-order valence-corrected chi connectivity index (χ3v) is 4.82. The lowest BCUT2D eigenvalue weighted by molar-refractivity contribution is 0.0886. The van der Waals surface area contributed by atoms with Crippen molar-refractivity contribution in [3.63, 3.8) is 0 Å². The summed E-state index contributed by atoms with van der Waals surface area (Å²) in [4.78, 5) is 13.2. The summed E-state index contributed by atoms with van der Waals surface area (Å²) in [5, 5.41) is 0. The Hall–Kier alpha value is -1.89. The Bertz CT molecular complexity index is 621. The second-order valence-corrected chi connectivity index (χ2v) is 6.04. The van der Waals surface area contributed by atoms with Crippen molar-refractivity contribution >= 4 is 5.78 Å². The predicted molar refractivity (Wildman–Crippen MR) is 86.7 cm³/mol. The van der Waals surface area contributed by atoms with Crippen molar-refractivity contribution in [1.29, 1.82) is 0 Å². The van der Waals surface area contributed by atoms with Gasteiger partial charge in [0.05, 0.1) is 5.41 Å². The van der Waals surface area contributed by atoms with Crippen LogP contribution in [0.3, 0.4) is 0 Å². The van der Waals surface area contributed by atoms with Crippen LogP contribution in [0.2, 0.25) is 0 Å². The minimum Gasteiger partial charge on any atom is -0.293 e. The van der Waals surface area contributed by atoms with E-state index in [4.69, 9.17) is 0 Å². The molecule has 1 fully saturated rings. The molecular formula is C20H22O. The van der Waals surface area contributed by atoms with Gasteiger partial charge in [0.2, 0.25) is 0 Å². The van der Waals surface area contributed by atoms with Gasteiger partial charge in [0.15, 0.2) is 5.78 Å². The summed E-state index contributed by atoms with van der Waals surface area (Å²) in [6, 6.07) is 18.5. The first kappa shape index (κ1) is 14.1. The van der Waals surface area contributed by atoms with Gasteiger partial charge in [-0.25, -0.2) is 0 Å². The van der Waals surface area contributed by atoms with Crippen LogP contribution in [0.1, 0.15) is 54.1 Å². The molecule has 1 heteroatoms. The highest BCUT2D eigenvalue weighted by molar-refractivity contribution is 6.04. The van der Waals surface area contributed by atoms with Crippen LogP contribution in [0.25, 0.3) is 0 Å². The first-order valence-electron chi connectivity index (χ1n) is 7.95. The van der Waals surface area contributed by atoms with Gasteiger partial charge < -0.3 is 0 Å². The van der Waals surface area contributed by atoms with E-state index in [0.717, 1.165) is 37.7 Å². The number of carbonyl (C=O) groups excluding carboxylic acids is 1. The van der Waals surface area contributed by atoms with Crippen LogP contribution in [0, 0.1) is 0 Å². The maximum Gasteiger partial charge on any atom is 0.173 e. The number of rotatable bonds is 4. The van der Waals surface area contributed by atoms with Gasteiger partial charge in [-0.05, 0) is 36.5 Å². The van der Waals surface area contributed by atoms with Gasteiger partial charge in [0.1, 0.15) is 0 Å². The molecule has 0 atom stereocenters. The fourth-order valence-corrected chi connectivity index (χ4v) is 3.59. The molecule has 0 bridgehead atoms. The molecule has 0 N–H and O–H groups in total. The van der Waals surface area contributed by atoms with Crippen molar-refractivity contribution in [2.75, 3.05) is 0 Å². The standard InChI is InChI=1S/C20H22O/c1-2-16-9-8-10-17(15-16)19(21)20(13-6-7-14-20)18-11-4-3-5-12-18/h3-5,8-12,15H,2,6-7,13-14H2,1H3. The van der Waals surface area contributed by atoms with E-state index in [9.17, 15) is 4.79 Å². The lowest BCUT2D eigenvalue weighted by Gasteiger charge is -2.28. The van der Waals surface area contributed by atoms with E-state index in [2.05, 4.69) is 31.2 Å². The van der Waals surface area contributed by atoms with Crippen LogP contribution in [0.15, 0.2) is 54.6 Å². The summed E-state index contributed by atoms with van der Waals surface area (Å²) in [5.41, 5.74) is 3.00. The fourth-order valence-electron chi connectivity index (χ4n) is 3.59. The summed E-state index contributed by atoms with van der Waals surface area (Å²) >= 11 is 0. The molecule has 0 unspecified atom stereocenters. The maximum atomic E-state index is 13.2. The molecule has 3 rings (SSSR count). The normalized spacial score (nSPS) is 16.8. The number of aryl methyl sites for hydroxylation is 1. The van der Waals surface area contributed by atoms with E-state index in [1.807, 2.05) is 30.3 Å². The van der Waals surface area contributed by atoms with Crippen molar-refractivity contribution in [1.82, 2.24) is 0 Å². The number of Topliss-reactive ketones (excluding diaryl/α,β-unsaturated/α-hetero) is 1. The number of carbonyl (C=O) groups is 1. The molecule has 0 radical (unpaired) electrons. The second kappa shape index (κ2) is 5.85. The molecule has 1 aliphatic rings. The van der Waals surface area contributed by atoms with E-state index in [-0.39, 0.29) is 5.41 Å². The van der Waals surface area contributed by atoms with Gasteiger partial charge in [0, 0.05) is 5.56 Å². The van der Waals surface area contributed by atoms with E-state index in [0.29, 0.717) is 5.78 Å². The lowest BCUT2D eigenvalue weighted by atomic mass is 9.73. The van der Waals surface area contributed by atoms with Gasteiger partial charge in [-0.2, -0.15) is 0 Å². The van der Waals surface area contributed by atoms with E-state index >= 15 is 0 Å². The predicted octanol–water partition coefficient (Wildman–Crippen LogP) is 4.94. The average Bonchev–Trinajstić information content (AvgIpc) is 3.06. The Labute approximate surface area is 127 Å². The van der Waals surface area contributed by atoms with Crippen molar-refractivity contribution in [3.05, 3.63) is 71.3 Å². The van der Waals surface area contributed by atoms with Gasteiger partial charge in [-0.15, -0.1) is 0 Å².